The van der Waals surface area contributed by atoms with Crippen LogP contribution in [0.2, 0.25) is 0 Å². The van der Waals surface area contributed by atoms with E-state index in [-0.39, 0.29) is 5.91 Å². The van der Waals surface area contributed by atoms with E-state index in [0.29, 0.717) is 19.4 Å². The molecule has 0 saturated heterocycles. The quantitative estimate of drug-likeness (QED) is 0.855. The number of pyridine rings is 1. The van der Waals surface area contributed by atoms with E-state index in [1.807, 2.05) is 36.0 Å². The van der Waals surface area contributed by atoms with E-state index in [2.05, 4.69) is 15.3 Å². The summed E-state index contributed by atoms with van der Waals surface area (Å²) < 4.78 is 1.89. The van der Waals surface area contributed by atoms with Crippen molar-refractivity contribution in [3.8, 4) is 0 Å². The lowest BCUT2D eigenvalue weighted by Crippen LogP contribution is -2.24. The molecule has 0 fully saturated rings. The van der Waals surface area contributed by atoms with Crippen molar-refractivity contribution in [3.63, 3.8) is 0 Å². The van der Waals surface area contributed by atoms with E-state index < -0.39 is 0 Å². The molecule has 0 spiro atoms. The summed E-state index contributed by atoms with van der Waals surface area (Å²) in [6, 6.07) is 5.71. The van der Waals surface area contributed by atoms with Gasteiger partial charge in [-0.25, -0.2) is 4.98 Å². The highest BCUT2D eigenvalue weighted by molar-refractivity contribution is 5.75. The van der Waals surface area contributed by atoms with Crippen LogP contribution in [-0.4, -0.2) is 20.4 Å². The summed E-state index contributed by atoms with van der Waals surface area (Å²) in [4.78, 5) is 20.0. The van der Waals surface area contributed by atoms with Crippen LogP contribution in [0, 0.1) is 0 Å². The third-order valence-corrected chi connectivity index (χ3v) is 2.70. The molecule has 0 aliphatic rings. The zero-order chi connectivity index (χ0) is 12.8. The van der Waals surface area contributed by atoms with Crippen molar-refractivity contribution in [2.75, 3.05) is 0 Å². The highest BCUT2D eigenvalue weighted by Gasteiger charge is 2.04. The molecule has 2 aromatic heterocycles. The number of nitrogens with zero attached hydrogens (tertiary/aromatic N) is 3. The molecule has 5 nitrogen and oxygen atoms in total. The van der Waals surface area contributed by atoms with Gasteiger partial charge in [0.2, 0.25) is 5.91 Å². The van der Waals surface area contributed by atoms with Gasteiger partial charge in [0.15, 0.2) is 0 Å². The zero-order valence-electron chi connectivity index (χ0n) is 10.3. The molecule has 5 heteroatoms. The first-order chi connectivity index (χ1) is 8.75. The summed E-state index contributed by atoms with van der Waals surface area (Å²) in [7, 11) is 1.91. The zero-order valence-corrected chi connectivity index (χ0v) is 10.3. The fourth-order valence-electron chi connectivity index (χ4n) is 1.62. The van der Waals surface area contributed by atoms with Gasteiger partial charge < -0.3 is 9.88 Å². The SMILES string of the molecule is Cn1ccnc1CNC(=O)CCc1ccccn1. The number of hydrogen-bond acceptors (Lipinski definition) is 3. The lowest BCUT2D eigenvalue weighted by molar-refractivity contribution is -0.121. The van der Waals surface area contributed by atoms with Crippen LogP contribution in [0.5, 0.6) is 0 Å². The number of imidazole rings is 1. The number of carbonyl (C=O) groups excluding carboxylic acids is 1. The number of carbonyl (C=O) groups is 1. The lowest BCUT2D eigenvalue weighted by Gasteiger charge is -2.05. The van der Waals surface area contributed by atoms with Crippen LogP contribution >= 0.6 is 0 Å². The maximum absolute atomic E-state index is 11.6. The molecule has 0 aromatic carbocycles. The Morgan fingerprint density at radius 3 is 2.89 bits per heavy atom. The standard InChI is InChI=1S/C13H16N4O/c1-17-9-8-15-12(17)10-16-13(18)6-5-11-4-2-3-7-14-11/h2-4,7-9H,5-6,10H2,1H3,(H,16,18). The number of aryl methyl sites for hydroxylation is 2. The minimum absolute atomic E-state index is 0.0173. The van der Waals surface area contributed by atoms with E-state index in [0.717, 1.165) is 11.5 Å². The molecule has 2 heterocycles. The summed E-state index contributed by atoms with van der Waals surface area (Å²) in [5, 5.41) is 2.85. The molecule has 0 aliphatic heterocycles. The van der Waals surface area contributed by atoms with Gasteiger partial charge in [0.25, 0.3) is 0 Å². The predicted molar refractivity (Wildman–Crippen MR) is 67.6 cm³/mol. The van der Waals surface area contributed by atoms with Crippen molar-refractivity contribution in [2.45, 2.75) is 19.4 Å². The fourth-order valence-corrected chi connectivity index (χ4v) is 1.62. The van der Waals surface area contributed by atoms with Crippen LogP contribution in [0.15, 0.2) is 36.8 Å². The summed E-state index contributed by atoms with van der Waals surface area (Å²) in [6.07, 6.45) is 6.42. The Balaban J connectivity index is 1.75. The largest absolute Gasteiger partial charge is 0.349 e. The van der Waals surface area contributed by atoms with Gasteiger partial charge in [-0.15, -0.1) is 0 Å². The molecule has 0 unspecified atom stereocenters. The minimum Gasteiger partial charge on any atom is -0.349 e. The molecule has 2 aromatic rings. The predicted octanol–water partition coefficient (Wildman–Crippen LogP) is 1.06. The van der Waals surface area contributed by atoms with Gasteiger partial charge in [-0.05, 0) is 18.6 Å². The molecule has 18 heavy (non-hydrogen) atoms. The number of nitrogens with one attached hydrogen (secondary N) is 1. The Hall–Kier alpha value is -2.17. The Labute approximate surface area is 106 Å². The average molecular weight is 244 g/mol. The van der Waals surface area contributed by atoms with Gasteiger partial charge in [-0.3, -0.25) is 9.78 Å². The molecule has 1 amide bonds. The monoisotopic (exact) mass is 244 g/mol. The molecule has 0 bridgehead atoms. The topological polar surface area (TPSA) is 59.8 Å². The second kappa shape index (κ2) is 5.95. The van der Waals surface area contributed by atoms with E-state index in [4.69, 9.17) is 0 Å². The molecular formula is C13H16N4O. The molecule has 0 saturated carbocycles. The summed E-state index contributed by atoms with van der Waals surface area (Å²) >= 11 is 0. The highest BCUT2D eigenvalue weighted by Crippen LogP contribution is 1.99. The second-order valence-electron chi connectivity index (χ2n) is 4.05. The maximum Gasteiger partial charge on any atom is 0.220 e. The van der Waals surface area contributed by atoms with E-state index >= 15 is 0 Å². The van der Waals surface area contributed by atoms with E-state index in [1.54, 1.807) is 12.4 Å². The van der Waals surface area contributed by atoms with Crippen LogP contribution in [0.1, 0.15) is 17.9 Å². The van der Waals surface area contributed by atoms with Crippen molar-refractivity contribution in [1.82, 2.24) is 19.9 Å². The number of amides is 1. The second-order valence-corrected chi connectivity index (χ2v) is 4.05. The summed E-state index contributed by atoms with van der Waals surface area (Å²) in [5.74, 6) is 0.866. The third-order valence-electron chi connectivity index (χ3n) is 2.70. The Kier molecular flexibility index (Phi) is 4.06. The van der Waals surface area contributed by atoms with Gasteiger partial charge >= 0.3 is 0 Å². The van der Waals surface area contributed by atoms with Crippen molar-refractivity contribution in [1.29, 1.82) is 0 Å². The number of hydrogen-bond donors (Lipinski definition) is 1. The van der Waals surface area contributed by atoms with Crippen molar-refractivity contribution >= 4 is 5.91 Å². The molecule has 0 aliphatic carbocycles. The van der Waals surface area contributed by atoms with Crippen LogP contribution in [0.4, 0.5) is 0 Å². The van der Waals surface area contributed by atoms with Crippen molar-refractivity contribution < 1.29 is 4.79 Å². The van der Waals surface area contributed by atoms with Gasteiger partial charge in [-0.1, -0.05) is 6.07 Å². The number of rotatable bonds is 5. The third kappa shape index (κ3) is 3.41. The molecule has 0 atom stereocenters. The Morgan fingerprint density at radius 2 is 2.22 bits per heavy atom. The van der Waals surface area contributed by atoms with E-state index in [9.17, 15) is 4.79 Å². The summed E-state index contributed by atoms with van der Waals surface area (Å²) in [6.45, 7) is 0.463. The first-order valence-electron chi connectivity index (χ1n) is 5.88. The van der Waals surface area contributed by atoms with Crippen LogP contribution in [-0.2, 0) is 24.8 Å². The van der Waals surface area contributed by atoms with Crippen LogP contribution in [0.3, 0.4) is 0 Å². The minimum atomic E-state index is 0.0173. The molecule has 0 radical (unpaired) electrons. The Bertz CT molecular complexity index is 507. The van der Waals surface area contributed by atoms with Crippen molar-refractivity contribution in [2.24, 2.45) is 7.05 Å². The van der Waals surface area contributed by atoms with Gasteiger partial charge in [0.05, 0.1) is 6.54 Å². The van der Waals surface area contributed by atoms with Gasteiger partial charge in [-0.2, -0.15) is 0 Å². The fraction of sp³-hybridized carbons (Fsp3) is 0.308. The smallest absolute Gasteiger partial charge is 0.220 e. The van der Waals surface area contributed by atoms with Crippen LogP contribution < -0.4 is 5.32 Å². The molecular weight excluding hydrogens is 228 g/mol. The highest BCUT2D eigenvalue weighted by atomic mass is 16.1. The van der Waals surface area contributed by atoms with Gasteiger partial charge in [0.1, 0.15) is 5.82 Å². The van der Waals surface area contributed by atoms with Crippen molar-refractivity contribution in [3.05, 3.63) is 48.3 Å². The summed E-state index contributed by atoms with van der Waals surface area (Å²) in [5.41, 5.74) is 0.935. The first-order valence-corrected chi connectivity index (χ1v) is 5.88. The first kappa shape index (κ1) is 12.3. The average Bonchev–Trinajstić information content (AvgIpc) is 2.81. The molecule has 1 N–H and O–H groups in total. The molecule has 2 rings (SSSR count). The van der Waals surface area contributed by atoms with Crippen LogP contribution in [0.25, 0.3) is 0 Å². The van der Waals surface area contributed by atoms with Gasteiger partial charge in [0, 0.05) is 37.8 Å². The number of aromatic nitrogens is 3. The Morgan fingerprint density at radius 1 is 1.33 bits per heavy atom. The molecule has 94 valence electrons. The normalized spacial score (nSPS) is 10.3. The maximum atomic E-state index is 11.6. The lowest BCUT2D eigenvalue weighted by atomic mass is 10.2. The van der Waals surface area contributed by atoms with E-state index in [1.165, 1.54) is 0 Å².